The summed E-state index contributed by atoms with van der Waals surface area (Å²) in [5.74, 6) is 0.279. The summed E-state index contributed by atoms with van der Waals surface area (Å²) in [4.78, 5) is 15.5. The van der Waals surface area contributed by atoms with E-state index in [0.29, 0.717) is 13.0 Å². The summed E-state index contributed by atoms with van der Waals surface area (Å²) in [5, 5.41) is 12.8. The fourth-order valence-corrected chi connectivity index (χ4v) is 1.52. The molecule has 0 aliphatic heterocycles. The van der Waals surface area contributed by atoms with Crippen molar-refractivity contribution in [1.82, 2.24) is 9.55 Å². The Kier molecular flexibility index (Phi) is 4.06. The van der Waals surface area contributed by atoms with Gasteiger partial charge in [-0.25, -0.2) is 4.98 Å². The number of aromatic nitrogens is 2. The molecule has 0 spiro atoms. The summed E-state index contributed by atoms with van der Waals surface area (Å²) in [7, 11) is 1.67. The minimum Gasteiger partial charge on any atom is -0.388 e. The topological polar surface area (TPSA) is 67.2 Å². The van der Waals surface area contributed by atoms with Gasteiger partial charge in [-0.2, -0.15) is 0 Å². The quantitative estimate of drug-likeness (QED) is 0.775. The minimum absolute atomic E-state index is 0.185. The Balaban J connectivity index is 2.68. The predicted octanol–water partition coefficient (Wildman–Crippen LogP) is 0.743. The van der Waals surface area contributed by atoms with Crippen molar-refractivity contribution < 1.29 is 5.11 Å². The molecule has 0 aliphatic carbocycles. The van der Waals surface area contributed by atoms with E-state index in [4.69, 9.17) is 0 Å². The third kappa shape index (κ3) is 3.34. The Hall–Kier alpha value is -1.36. The lowest BCUT2D eigenvalue weighted by Crippen LogP contribution is -2.35. The Morgan fingerprint density at radius 3 is 2.94 bits per heavy atom. The molecule has 0 radical (unpaired) electrons. The molecule has 90 valence electrons. The van der Waals surface area contributed by atoms with Crippen LogP contribution in [0.25, 0.3) is 0 Å². The molecule has 1 aromatic heterocycles. The van der Waals surface area contributed by atoms with Crippen LogP contribution in [-0.4, -0.2) is 26.8 Å². The monoisotopic (exact) mass is 225 g/mol. The molecule has 1 unspecified atom stereocenters. The SMILES string of the molecule is CCCC(C)(O)CNc1nccn(C)c1=O. The second-order valence-corrected chi connectivity index (χ2v) is 4.29. The van der Waals surface area contributed by atoms with E-state index in [0.717, 1.165) is 6.42 Å². The van der Waals surface area contributed by atoms with Gasteiger partial charge in [-0.3, -0.25) is 4.79 Å². The maximum absolute atomic E-state index is 11.6. The zero-order valence-electron chi connectivity index (χ0n) is 10.0. The molecular formula is C11H19N3O2. The smallest absolute Gasteiger partial charge is 0.293 e. The number of aryl methyl sites for hydroxylation is 1. The van der Waals surface area contributed by atoms with Gasteiger partial charge >= 0.3 is 0 Å². The first kappa shape index (κ1) is 12.7. The molecule has 5 nitrogen and oxygen atoms in total. The van der Waals surface area contributed by atoms with Gasteiger partial charge in [-0.05, 0) is 13.3 Å². The van der Waals surface area contributed by atoms with Crippen LogP contribution < -0.4 is 10.9 Å². The fraction of sp³-hybridized carbons (Fsp3) is 0.636. The highest BCUT2D eigenvalue weighted by molar-refractivity contribution is 5.31. The highest BCUT2D eigenvalue weighted by Crippen LogP contribution is 2.11. The van der Waals surface area contributed by atoms with Crippen LogP contribution in [0.1, 0.15) is 26.7 Å². The molecule has 1 atom stereocenters. The van der Waals surface area contributed by atoms with Gasteiger partial charge in [-0.15, -0.1) is 0 Å². The summed E-state index contributed by atoms with van der Waals surface area (Å²) < 4.78 is 1.45. The minimum atomic E-state index is -0.808. The zero-order valence-corrected chi connectivity index (χ0v) is 10.0. The molecule has 0 aliphatic rings. The van der Waals surface area contributed by atoms with Crippen LogP contribution in [0.15, 0.2) is 17.2 Å². The molecule has 0 fully saturated rings. The molecule has 0 saturated heterocycles. The first-order valence-electron chi connectivity index (χ1n) is 5.44. The van der Waals surface area contributed by atoms with Crippen molar-refractivity contribution in [3.63, 3.8) is 0 Å². The van der Waals surface area contributed by atoms with Gasteiger partial charge in [0.25, 0.3) is 5.56 Å². The first-order valence-corrected chi connectivity index (χ1v) is 5.44. The average Bonchev–Trinajstić information content (AvgIpc) is 2.20. The zero-order chi connectivity index (χ0) is 12.2. The van der Waals surface area contributed by atoms with Crippen LogP contribution in [0.4, 0.5) is 5.82 Å². The first-order chi connectivity index (χ1) is 7.46. The van der Waals surface area contributed by atoms with E-state index in [9.17, 15) is 9.90 Å². The lowest BCUT2D eigenvalue weighted by Gasteiger charge is -2.22. The van der Waals surface area contributed by atoms with Crippen molar-refractivity contribution in [2.24, 2.45) is 7.05 Å². The summed E-state index contributed by atoms with van der Waals surface area (Å²) in [5.41, 5.74) is -0.994. The Bertz CT molecular complexity index is 398. The summed E-state index contributed by atoms with van der Waals surface area (Å²) in [6.45, 7) is 4.08. The maximum atomic E-state index is 11.6. The molecule has 1 heterocycles. The average molecular weight is 225 g/mol. The Labute approximate surface area is 95.1 Å². The third-order valence-electron chi connectivity index (χ3n) is 2.44. The molecule has 0 saturated carbocycles. The van der Waals surface area contributed by atoms with Crippen molar-refractivity contribution in [3.8, 4) is 0 Å². The van der Waals surface area contributed by atoms with Crippen molar-refractivity contribution in [2.45, 2.75) is 32.3 Å². The van der Waals surface area contributed by atoms with Gasteiger partial charge in [0.05, 0.1) is 5.60 Å². The normalized spacial score (nSPS) is 14.5. The van der Waals surface area contributed by atoms with E-state index in [1.807, 2.05) is 6.92 Å². The van der Waals surface area contributed by atoms with E-state index in [1.165, 1.54) is 4.57 Å². The lowest BCUT2D eigenvalue weighted by atomic mass is 10.0. The van der Waals surface area contributed by atoms with Gasteiger partial charge in [0, 0.05) is 26.0 Å². The molecule has 16 heavy (non-hydrogen) atoms. The number of hydrogen-bond donors (Lipinski definition) is 2. The Morgan fingerprint density at radius 2 is 2.31 bits per heavy atom. The van der Waals surface area contributed by atoms with E-state index < -0.39 is 5.60 Å². The summed E-state index contributed by atoms with van der Waals surface area (Å²) in [6.07, 6.45) is 4.73. The van der Waals surface area contributed by atoms with Crippen LogP contribution in [-0.2, 0) is 7.05 Å². The molecule has 2 N–H and O–H groups in total. The maximum Gasteiger partial charge on any atom is 0.293 e. The van der Waals surface area contributed by atoms with Crippen molar-refractivity contribution in [1.29, 1.82) is 0 Å². The lowest BCUT2D eigenvalue weighted by molar-refractivity contribution is 0.0635. The molecule has 0 bridgehead atoms. The van der Waals surface area contributed by atoms with Gasteiger partial charge in [-0.1, -0.05) is 13.3 Å². The van der Waals surface area contributed by atoms with E-state index in [-0.39, 0.29) is 11.4 Å². The molecule has 1 aromatic rings. The van der Waals surface area contributed by atoms with Crippen LogP contribution in [0.2, 0.25) is 0 Å². The van der Waals surface area contributed by atoms with Crippen molar-refractivity contribution in [2.75, 3.05) is 11.9 Å². The van der Waals surface area contributed by atoms with E-state index in [1.54, 1.807) is 26.4 Å². The number of nitrogens with one attached hydrogen (secondary N) is 1. The van der Waals surface area contributed by atoms with Crippen molar-refractivity contribution in [3.05, 3.63) is 22.7 Å². The molecule has 5 heteroatoms. The second kappa shape index (κ2) is 5.12. The number of aliphatic hydroxyl groups is 1. The standard InChI is InChI=1S/C11H19N3O2/c1-4-5-11(2,16)8-13-9-10(15)14(3)7-6-12-9/h6-7,16H,4-5,8H2,1-3H3,(H,12,13). The predicted molar refractivity (Wildman–Crippen MR) is 63.5 cm³/mol. The molecule has 1 rings (SSSR count). The van der Waals surface area contributed by atoms with E-state index in [2.05, 4.69) is 10.3 Å². The highest BCUT2D eigenvalue weighted by Gasteiger charge is 2.19. The summed E-state index contributed by atoms with van der Waals surface area (Å²) >= 11 is 0. The third-order valence-corrected chi connectivity index (χ3v) is 2.44. The number of rotatable bonds is 5. The van der Waals surface area contributed by atoms with E-state index >= 15 is 0 Å². The van der Waals surface area contributed by atoms with Crippen LogP contribution in [0.5, 0.6) is 0 Å². The van der Waals surface area contributed by atoms with Gasteiger partial charge in [0.2, 0.25) is 0 Å². The number of nitrogens with zero attached hydrogens (tertiary/aromatic N) is 2. The van der Waals surface area contributed by atoms with Gasteiger partial charge in [0.1, 0.15) is 0 Å². The van der Waals surface area contributed by atoms with Crippen molar-refractivity contribution >= 4 is 5.82 Å². The largest absolute Gasteiger partial charge is 0.388 e. The molecular weight excluding hydrogens is 206 g/mol. The second-order valence-electron chi connectivity index (χ2n) is 4.29. The Morgan fingerprint density at radius 1 is 1.62 bits per heavy atom. The van der Waals surface area contributed by atoms with Crippen LogP contribution in [0, 0.1) is 0 Å². The number of anilines is 1. The molecule has 0 amide bonds. The fourth-order valence-electron chi connectivity index (χ4n) is 1.52. The molecule has 0 aromatic carbocycles. The van der Waals surface area contributed by atoms with Gasteiger partial charge < -0.3 is 15.0 Å². The van der Waals surface area contributed by atoms with Gasteiger partial charge in [0.15, 0.2) is 5.82 Å². The highest BCUT2D eigenvalue weighted by atomic mass is 16.3. The number of hydrogen-bond acceptors (Lipinski definition) is 4. The summed E-state index contributed by atoms with van der Waals surface area (Å²) in [6, 6.07) is 0. The van der Waals surface area contributed by atoms with Crippen LogP contribution in [0.3, 0.4) is 0 Å². The van der Waals surface area contributed by atoms with Crippen LogP contribution >= 0.6 is 0 Å².